The number of nitrogen functional groups attached to an aromatic ring is 1. The van der Waals surface area contributed by atoms with Crippen LogP contribution in [0.1, 0.15) is 43.5 Å². The molecular weight excluding hydrogens is 557 g/mol. The zero-order chi connectivity index (χ0) is 30.7. The number of carbonyl (C=O) groups excluding carboxylic acids is 2. The Morgan fingerprint density at radius 2 is 2.02 bits per heavy atom. The van der Waals surface area contributed by atoms with E-state index in [0.29, 0.717) is 60.1 Å². The number of hydrogen-bond acceptors (Lipinski definition) is 6. The highest BCUT2D eigenvalue weighted by Crippen LogP contribution is 2.38. The average molecular weight is 592 g/mol. The fraction of sp³-hybridized carbons (Fsp3) is 0.323. The Morgan fingerprint density at radius 3 is 2.64 bits per heavy atom. The van der Waals surface area contributed by atoms with Gasteiger partial charge in [0.2, 0.25) is 12.3 Å². The molecule has 3 aromatic rings. The summed E-state index contributed by atoms with van der Waals surface area (Å²) in [6, 6.07) is 7.70. The van der Waals surface area contributed by atoms with Crippen LogP contribution in [-0.2, 0) is 9.59 Å². The van der Waals surface area contributed by atoms with Gasteiger partial charge in [-0.15, -0.1) is 0 Å². The van der Waals surface area contributed by atoms with E-state index in [4.69, 9.17) is 22.3 Å². The molecule has 1 aliphatic heterocycles. The third kappa shape index (κ3) is 5.85. The van der Waals surface area contributed by atoms with E-state index in [1.807, 2.05) is 38.7 Å². The number of halogens is 2. The van der Waals surface area contributed by atoms with E-state index >= 15 is 4.39 Å². The number of hydrogen-bond donors (Lipinski definition) is 1. The number of aryl methyl sites for hydroxylation is 1. The fourth-order valence-electron chi connectivity index (χ4n) is 5.26. The van der Waals surface area contributed by atoms with Crippen molar-refractivity contribution in [1.29, 1.82) is 0 Å². The Hall–Kier alpha value is -4.31. The highest BCUT2D eigenvalue weighted by molar-refractivity contribution is 6.33. The van der Waals surface area contributed by atoms with Crippen molar-refractivity contribution in [2.24, 2.45) is 4.99 Å². The zero-order valence-corrected chi connectivity index (χ0v) is 25.2. The van der Waals surface area contributed by atoms with Crippen molar-refractivity contribution in [2.75, 3.05) is 37.3 Å². The van der Waals surface area contributed by atoms with Crippen LogP contribution in [0.15, 0.2) is 54.2 Å². The van der Waals surface area contributed by atoms with Gasteiger partial charge in [-0.2, -0.15) is 0 Å². The van der Waals surface area contributed by atoms with Gasteiger partial charge >= 0.3 is 0 Å². The Morgan fingerprint density at radius 1 is 1.29 bits per heavy atom. The molecule has 2 N–H and O–H groups in total. The molecule has 0 saturated carbocycles. The first-order valence-electron chi connectivity index (χ1n) is 13.6. The van der Waals surface area contributed by atoms with Crippen LogP contribution >= 0.6 is 11.6 Å². The van der Waals surface area contributed by atoms with E-state index in [1.165, 1.54) is 17.0 Å². The second kappa shape index (κ2) is 12.7. The Balaban J connectivity index is 1.97. The summed E-state index contributed by atoms with van der Waals surface area (Å²) in [4.78, 5) is 44.2. The van der Waals surface area contributed by atoms with E-state index in [9.17, 15) is 9.59 Å². The topological polar surface area (TPSA) is 108 Å². The van der Waals surface area contributed by atoms with Crippen LogP contribution in [0.25, 0.3) is 11.3 Å². The number of carbonyl (C=O) groups is 2. The van der Waals surface area contributed by atoms with Gasteiger partial charge in [-0.25, -0.2) is 9.37 Å². The van der Waals surface area contributed by atoms with Crippen LogP contribution in [0.4, 0.5) is 21.6 Å². The van der Waals surface area contributed by atoms with Crippen molar-refractivity contribution in [3.8, 4) is 11.3 Å². The van der Waals surface area contributed by atoms with Crippen LogP contribution in [0, 0.1) is 12.7 Å². The van der Waals surface area contributed by atoms with Gasteiger partial charge in [-0.3, -0.25) is 24.5 Å². The monoisotopic (exact) mass is 591 g/mol. The largest absolute Gasteiger partial charge is 0.399 e. The molecule has 1 aliphatic rings. The standard InChI is InChI=1S/C31H35ClFN7O2/c1-7-26(42)38-12-13-39(20(5)16-38)30(35-6)23-15-25(33)28(22-14-21(34)8-9-24(22)32)37-31(23)40(17-41)29-19(4)10-11-36-27(29)18(2)3/h7-11,14-15,17-18,20H,1,12-13,16,34H2,2-6H3/b35-30+. The van der Waals surface area contributed by atoms with Crippen LogP contribution in [-0.4, -0.2) is 70.6 Å². The first-order valence-corrected chi connectivity index (χ1v) is 14.0. The van der Waals surface area contributed by atoms with Crippen LogP contribution in [0.2, 0.25) is 5.02 Å². The molecule has 0 radical (unpaired) electrons. The number of nitrogens with two attached hydrogens (primary N) is 1. The summed E-state index contributed by atoms with van der Waals surface area (Å²) in [6.07, 6.45) is 3.64. The Labute approximate surface area is 250 Å². The molecular formula is C31H35ClFN7O2. The maximum atomic E-state index is 16.0. The third-order valence-corrected chi connectivity index (χ3v) is 7.65. The summed E-state index contributed by atoms with van der Waals surface area (Å²) in [5, 5.41) is 0.258. The molecule has 1 saturated heterocycles. The van der Waals surface area contributed by atoms with Gasteiger partial charge in [-0.05, 0) is 61.7 Å². The Bertz CT molecular complexity index is 1560. The highest BCUT2D eigenvalue weighted by atomic mass is 35.5. The zero-order valence-electron chi connectivity index (χ0n) is 24.4. The molecule has 11 heteroatoms. The molecule has 9 nitrogen and oxygen atoms in total. The van der Waals surface area contributed by atoms with Crippen LogP contribution < -0.4 is 10.6 Å². The molecule has 2 aromatic heterocycles. The van der Waals surface area contributed by atoms with Crippen LogP contribution in [0.3, 0.4) is 0 Å². The third-order valence-electron chi connectivity index (χ3n) is 7.32. The summed E-state index contributed by atoms with van der Waals surface area (Å²) in [7, 11) is 1.60. The van der Waals surface area contributed by atoms with Gasteiger partial charge in [0.15, 0.2) is 5.82 Å². The number of amidine groups is 1. The second-order valence-corrected chi connectivity index (χ2v) is 10.9. The number of piperazine rings is 1. The van der Waals surface area contributed by atoms with E-state index in [2.05, 4.69) is 16.6 Å². The number of nitrogens with zero attached hydrogens (tertiary/aromatic N) is 6. The predicted molar refractivity (Wildman–Crippen MR) is 166 cm³/mol. The maximum absolute atomic E-state index is 16.0. The molecule has 4 rings (SSSR count). The summed E-state index contributed by atoms with van der Waals surface area (Å²) < 4.78 is 16.0. The van der Waals surface area contributed by atoms with Gasteiger partial charge in [0.05, 0.1) is 22.0 Å². The van der Waals surface area contributed by atoms with Gasteiger partial charge < -0.3 is 15.5 Å². The minimum absolute atomic E-state index is 0.0242. The summed E-state index contributed by atoms with van der Waals surface area (Å²) in [6.45, 7) is 12.7. The molecule has 42 heavy (non-hydrogen) atoms. The highest BCUT2D eigenvalue weighted by Gasteiger charge is 2.33. The van der Waals surface area contributed by atoms with E-state index in [-0.39, 0.29) is 34.4 Å². The van der Waals surface area contributed by atoms with Crippen LogP contribution in [0.5, 0.6) is 0 Å². The fourth-order valence-corrected chi connectivity index (χ4v) is 5.47. The first kappa shape index (κ1) is 30.6. The number of aliphatic imine (C=N–C) groups is 1. The number of anilines is 3. The van der Waals surface area contributed by atoms with Gasteiger partial charge in [0.25, 0.3) is 0 Å². The van der Waals surface area contributed by atoms with Crippen molar-refractivity contribution < 1.29 is 14.0 Å². The minimum atomic E-state index is -0.659. The molecule has 2 amide bonds. The molecule has 1 aromatic carbocycles. The lowest BCUT2D eigenvalue weighted by Gasteiger charge is -2.41. The van der Waals surface area contributed by atoms with E-state index in [1.54, 1.807) is 36.3 Å². The number of benzene rings is 1. The lowest BCUT2D eigenvalue weighted by molar-refractivity contribution is -0.128. The molecule has 0 spiro atoms. The minimum Gasteiger partial charge on any atom is -0.399 e. The van der Waals surface area contributed by atoms with E-state index < -0.39 is 5.82 Å². The lowest BCUT2D eigenvalue weighted by Crippen LogP contribution is -2.55. The van der Waals surface area contributed by atoms with Gasteiger partial charge in [0, 0.05) is 50.2 Å². The lowest BCUT2D eigenvalue weighted by atomic mass is 10.0. The quantitative estimate of drug-likeness (QED) is 0.131. The number of pyridine rings is 2. The van der Waals surface area contributed by atoms with Gasteiger partial charge in [-0.1, -0.05) is 32.0 Å². The van der Waals surface area contributed by atoms with Crippen molar-refractivity contribution in [3.05, 3.63) is 76.8 Å². The Kier molecular flexibility index (Phi) is 9.26. The van der Waals surface area contributed by atoms with Crippen molar-refractivity contribution >= 4 is 46.9 Å². The second-order valence-electron chi connectivity index (χ2n) is 10.5. The first-order chi connectivity index (χ1) is 20.0. The average Bonchev–Trinajstić information content (AvgIpc) is 2.96. The van der Waals surface area contributed by atoms with Crippen molar-refractivity contribution in [3.63, 3.8) is 0 Å². The molecule has 0 bridgehead atoms. The molecule has 1 fully saturated rings. The number of amides is 2. The maximum Gasteiger partial charge on any atom is 0.246 e. The van der Waals surface area contributed by atoms with E-state index in [0.717, 1.165) is 5.56 Å². The number of rotatable bonds is 7. The summed E-state index contributed by atoms with van der Waals surface area (Å²) in [5.41, 5.74) is 8.96. The SMILES string of the molecule is C=CC(=O)N1CCN(/C(=N/C)c2cc(F)c(-c3cc(N)ccc3Cl)nc2N(C=O)c2c(C)ccnc2C(C)C)C(C)C1. The summed E-state index contributed by atoms with van der Waals surface area (Å²) >= 11 is 6.47. The molecule has 1 unspecified atom stereocenters. The summed E-state index contributed by atoms with van der Waals surface area (Å²) in [5.74, 6) is -0.250. The molecule has 0 aliphatic carbocycles. The predicted octanol–water partition coefficient (Wildman–Crippen LogP) is 5.34. The molecule has 3 heterocycles. The van der Waals surface area contributed by atoms with Gasteiger partial charge in [0.1, 0.15) is 17.3 Å². The molecule has 1 atom stereocenters. The number of aromatic nitrogens is 2. The smallest absolute Gasteiger partial charge is 0.246 e. The van der Waals surface area contributed by atoms with Crippen molar-refractivity contribution in [1.82, 2.24) is 19.8 Å². The normalized spacial score (nSPS) is 15.6. The molecule has 220 valence electrons. The van der Waals surface area contributed by atoms with Crippen molar-refractivity contribution in [2.45, 2.75) is 39.7 Å².